The van der Waals surface area contributed by atoms with E-state index in [0.29, 0.717) is 30.2 Å². The van der Waals surface area contributed by atoms with Gasteiger partial charge in [0.1, 0.15) is 0 Å². The summed E-state index contributed by atoms with van der Waals surface area (Å²) in [6.45, 7) is 4.61. The third kappa shape index (κ3) is 2.63. The number of aromatic carboxylic acids is 1. The summed E-state index contributed by atoms with van der Waals surface area (Å²) in [5, 5.41) is 12.9. The van der Waals surface area contributed by atoms with Crippen molar-refractivity contribution in [1.29, 1.82) is 0 Å². The van der Waals surface area contributed by atoms with Crippen LogP contribution in [0.1, 0.15) is 23.2 Å². The summed E-state index contributed by atoms with van der Waals surface area (Å²) in [5.41, 5.74) is 0.955. The molecule has 3 saturated heterocycles. The number of H-pyrrole nitrogens is 1. The molecule has 0 aliphatic carbocycles. The third-order valence-corrected chi connectivity index (χ3v) is 5.42. The highest BCUT2D eigenvalue weighted by atomic mass is 16.4. The van der Waals surface area contributed by atoms with Gasteiger partial charge >= 0.3 is 11.7 Å². The lowest BCUT2D eigenvalue weighted by Crippen LogP contribution is -2.56. The molecule has 1 atom stereocenters. The van der Waals surface area contributed by atoms with Gasteiger partial charge < -0.3 is 20.3 Å². The quantitative estimate of drug-likeness (QED) is 0.751. The topological polar surface area (TPSA) is 90.4 Å². The Morgan fingerprint density at radius 1 is 1.33 bits per heavy atom. The van der Waals surface area contributed by atoms with E-state index in [1.165, 1.54) is 36.6 Å². The van der Waals surface area contributed by atoms with Crippen LogP contribution in [0.15, 0.2) is 23.0 Å². The van der Waals surface area contributed by atoms with Crippen LogP contribution in [-0.2, 0) is 6.54 Å². The normalized spacial score (nSPS) is 26.1. The van der Waals surface area contributed by atoms with Gasteiger partial charge in [-0.3, -0.25) is 4.57 Å². The Hall–Kier alpha value is -2.12. The Labute approximate surface area is 139 Å². The lowest BCUT2D eigenvalue weighted by atomic mass is 9.84. The van der Waals surface area contributed by atoms with Gasteiger partial charge in [0.05, 0.1) is 16.6 Å². The van der Waals surface area contributed by atoms with Gasteiger partial charge in [0.15, 0.2) is 0 Å². The molecule has 7 heteroatoms. The van der Waals surface area contributed by atoms with Gasteiger partial charge in [-0.25, -0.2) is 9.59 Å². The van der Waals surface area contributed by atoms with E-state index in [-0.39, 0.29) is 11.3 Å². The maximum Gasteiger partial charge on any atom is 0.337 e. The van der Waals surface area contributed by atoms with Gasteiger partial charge in [0.2, 0.25) is 0 Å². The van der Waals surface area contributed by atoms with E-state index >= 15 is 0 Å². The molecule has 0 radical (unpaired) electrons. The highest BCUT2D eigenvalue weighted by Crippen LogP contribution is 2.27. The Morgan fingerprint density at radius 3 is 2.79 bits per heavy atom. The van der Waals surface area contributed by atoms with E-state index in [1.54, 1.807) is 12.1 Å². The molecule has 24 heavy (non-hydrogen) atoms. The fourth-order valence-corrected chi connectivity index (χ4v) is 4.16. The highest BCUT2D eigenvalue weighted by molar-refractivity contribution is 6.01. The van der Waals surface area contributed by atoms with Crippen molar-refractivity contribution in [3.8, 4) is 0 Å². The predicted molar refractivity (Wildman–Crippen MR) is 90.5 cm³/mol. The number of nitrogens with zero attached hydrogens (tertiary/aromatic N) is 2. The van der Waals surface area contributed by atoms with Gasteiger partial charge in [-0.1, -0.05) is 6.07 Å². The average molecular weight is 330 g/mol. The van der Waals surface area contributed by atoms with E-state index in [0.717, 1.165) is 12.5 Å². The Bertz CT molecular complexity index is 817. The van der Waals surface area contributed by atoms with Gasteiger partial charge in [-0.2, -0.15) is 0 Å². The molecule has 3 N–H and O–H groups in total. The zero-order valence-electron chi connectivity index (χ0n) is 13.5. The molecule has 0 spiro atoms. The molecule has 7 nitrogen and oxygen atoms in total. The van der Waals surface area contributed by atoms with Crippen LogP contribution in [-0.4, -0.2) is 57.7 Å². The van der Waals surface area contributed by atoms with Crippen molar-refractivity contribution in [3.63, 3.8) is 0 Å². The summed E-state index contributed by atoms with van der Waals surface area (Å²) in [6.07, 6.45) is 2.49. The second-order valence-corrected chi connectivity index (χ2v) is 6.79. The first-order valence-corrected chi connectivity index (χ1v) is 8.54. The Kier molecular flexibility index (Phi) is 3.90. The van der Waals surface area contributed by atoms with Crippen LogP contribution in [0.5, 0.6) is 0 Å². The number of nitrogens with one attached hydrogen (secondary N) is 2. The molecular formula is C17H22N4O3. The fourth-order valence-electron chi connectivity index (χ4n) is 4.16. The molecule has 0 amide bonds. The Balaban J connectivity index is 1.51. The molecule has 1 aromatic heterocycles. The average Bonchev–Trinajstić information content (AvgIpc) is 2.91. The smallest absolute Gasteiger partial charge is 0.337 e. The number of carboxylic acid groups (broad SMARTS) is 1. The fraction of sp³-hybridized carbons (Fsp3) is 0.529. The van der Waals surface area contributed by atoms with E-state index in [1.807, 2.05) is 0 Å². The van der Waals surface area contributed by atoms with Crippen LogP contribution >= 0.6 is 0 Å². The second-order valence-electron chi connectivity index (χ2n) is 6.79. The van der Waals surface area contributed by atoms with Gasteiger partial charge in [0, 0.05) is 25.7 Å². The van der Waals surface area contributed by atoms with Crippen molar-refractivity contribution >= 4 is 17.0 Å². The van der Waals surface area contributed by atoms with Crippen molar-refractivity contribution < 1.29 is 9.90 Å². The standard InChI is InChI=1S/C17H22N4O3/c22-16(23)12-2-1-3-13-15(12)21(17(24)19-13)9-6-18-14-10-20-7-4-11(14)5-8-20/h1-3,11,14,18H,4-10H2,(H,19,24)(H,22,23). The van der Waals surface area contributed by atoms with E-state index in [9.17, 15) is 14.7 Å². The third-order valence-electron chi connectivity index (χ3n) is 5.42. The SMILES string of the molecule is O=C(O)c1cccc2[nH]c(=O)n(CCNC3CN4CCC3CC4)c12. The lowest BCUT2D eigenvalue weighted by Gasteiger charge is -2.45. The molecule has 3 aliphatic rings. The summed E-state index contributed by atoms with van der Waals surface area (Å²) in [5.74, 6) is -0.289. The van der Waals surface area contributed by atoms with Crippen LogP contribution in [0.4, 0.5) is 0 Å². The number of carboxylic acids is 1. The van der Waals surface area contributed by atoms with Gasteiger partial charge in [-0.15, -0.1) is 0 Å². The molecule has 1 aromatic carbocycles. The molecule has 2 aromatic rings. The summed E-state index contributed by atoms with van der Waals surface area (Å²) < 4.78 is 1.53. The first kappa shape index (κ1) is 15.4. The largest absolute Gasteiger partial charge is 0.478 e. The second kappa shape index (κ2) is 6.07. The molecule has 3 aliphatic heterocycles. The van der Waals surface area contributed by atoms with Crippen molar-refractivity contribution in [3.05, 3.63) is 34.2 Å². The maximum absolute atomic E-state index is 12.2. The number of hydrogen-bond acceptors (Lipinski definition) is 4. The van der Waals surface area contributed by atoms with E-state index in [2.05, 4.69) is 15.2 Å². The molecular weight excluding hydrogens is 308 g/mol. The summed E-state index contributed by atoms with van der Waals surface area (Å²) in [4.78, 5) is 28.9. The minimum Gasteiger partial charge on any atom is -0.478 e. The number of aromatic amines is 1. The van der Waals surface area contributed by atoms with Crippen LogP contribution in [0.25, 0.3) is 11.0 Å². The molecule has 1 unspecified atom stereocenters. The highest BCUT2D eigenvalue weighted by Gasteiger charge is 2.33. The van der Waals surface area contributed by atoms with Crippen molar-refractivity contribution in [2.75, 3.05) is 26.2 Å². The summed E-state index contributed by atoms with van der Waals surface area (Å²) >= 11 is 0. The molecule has 5 rings (SSSR count). The molecule has 0 saturated carbocycles. The van der Waals surface area contributed by atoms with Crippen molar-refractivity contribution in [2.45, 2.75) is 25.4 Å². The summed E-state index contributed by atoms with van der Waals surface area (Å²) in [6, 6.07) is 5.40. The van der Waals surface area contributed by atoms with E-state index < -0.39 is 5.97 Å². The van der Waals surface area contributed by atoms with Gasteiger partial charge in [-0.05, 0) is 44.0 Å². The minimum absolute atomic E-state index is 0.161. The number of imidazole rings is 1. The van der Waals surface area contributed by atoms with Crippen molar-refractivity contribution in [2.24, 2.45) is 5.92 Å². The zero-order chi connectivity index (χ0) is 16.7. The molecule has 4 heterocycles. The van der Waals surface area contributed by atoms with E-state index in [4.69, 9.17) is 0 Å². The number of piperidine rings is 3. The minimum atomic E-state index is -1.02. The first-order valence-electron chi connectivity index (χ1n) is 8.54. The Morgan fingerprint density at radius 2 is 2.12 bits per heavy atom. The number of fused-ring (bicyclic) bond motifs is 4. The van der Waals surface area contributed by atoms with Crippen molar-refractivity contribution in [1.82, 2.24) is 19.8 Å². The van der Waals surface area contributed by atoms with Crippen LogP contribution in [0.3, 0.4) is 0 Å². The number of aromatic nitrogens is 2. The number of carbonyl (C=O) groups is 1. The predicted octanol–water partition coefficient (Wildman–Crippen LogP) is 0.712. The monoisotopic (exact) mass is 330 g/mol. The summed E-state index contributed by atoms with van der Waals surface area (Å²) in [7, 11) is 0. The van der Waals surface area contributed by atoms with Crippen LogP contribution < -0.4 is 11.0 Å². The number of rotatable bonds is 5. The number of para-hydroxylation sites is 1. The zero-order valence-corrected chi connectivity index (χ0v) is 13.5. The van der Waals surface area contributed by atoms with Crippen LogP contribution in [0, 0.1) is 5.92 Å². The lowest BCUT2D eigenvalue weighted by molar-refractivity contribution is 0.0698. The molecule has 2 bridgehead atoms. The van der Waals surface area contributed by atoms with Crippen LogP contribution in [0.2, 0.25) is 0 Å². The number of benzene rings is 1. The number of hydrogen-bond donors (Lipinski definition) is 3. The maximum atomic E-state index is 12.2. The molecule has 128 valence electrons. The first-order chi connectivity index (χ1) is 11.6. The molecule has 3 fully saturated rings. The van der Waals surface area contributed by atoms with Gasteiger partial charge in [0.25, 0.3) is 0 Å².